The molecule has 0 aliphatic heterocycles. The van der Waals surface area contributed by atoms with E-state index in [-0.39, 0.29) is 12.0 Å². The Labute approximate surface area is 198 Å². The van der Waals surface area contributed by atoms with Crippen molar-refractivity contribution in [2.24, 2.45) is 4.40 Å². The number of nitriles is 1. The minimum atomic E-state index is -3.66. The van der Waals surface area contributed by atoms with Crippen LogP contribution in [0, 0.1) is 11.3 Å². The van der Waals surface area contributed by atoms with Crippen LogP contribution in [0.25, 0.3) is 22.8 Å². The summed E-state index contributed by atoms with van der Waals surface area (Å²) in [6.07, 6.45) is 3.91. The lowest BCUT2D eigenvalue weighted by atomic mass is 9.81. The van der Waals surface area contributed by atoms with Gasteiger partial charge in [0.1, 0.15) is 11.8 Å². The van der Waals surface area contributed by atoms with Gasteiger partial charge in [0.05, 0.1) is 11.7 Å². The molecule has 4 rings (SSSR count). The first kappa shape index (κ1) is 23.4. The number of nitrogens with zero attached hydrogens (tertiary/aromatic N) is 4. The van der Waals surface area contributed by atoms with Crippen LogP contribution in [0.5, 0.6) is 5.75 Å². The third-order valence-electron chi connectivity index (χ3n) is 5.53. The quantitative estimate of drug-likeness (QED) is 0.439. The summed E-state index contributed by atoms with van der Waals surface area (Å²) in [4.78, 5) is 4.58. The van der Waals surface area contributed by atoms with Gasteiger partial charge in [-0.3, -0.25) is 0 Å². The molecule has 1 aliphatic carbocycles. The first-order valence-corrected chi connectivity index (χ1v) is 12.4. The standard InChI is InChI=1S/C25H24N4O4S/c1-4-34(30,31)27-15-18-7-5-9-21-20(18)8-6-10-22(21)24-28-25(33-29-24)17-11-12-23(32-16(2)3)19(13-17)14-26/h4,6,8,10-13,15-16,18H,1,5,7,9H2,2-3H3/b27-15+. The maximum absolute atomic E-state index is 11.7. The lowest BCUT2D eigenvalue weighted by Crippen LogP contribution is -2.13. The van der Waals surface area contributed by atoms with Crippen LogP contribution in [0.3, 0.4) is 0 Å². The summed E-state index contributed by atoms with van der Waals surface area (Å²) in [6.45, 7) is 7.09. The molecule has 8 nitrogen and oxygen atoms in total. The summed E-state index contributed by atoms with van der Waals surface area (Å²) in [7, 11) is -3.66. The molecule has 0 saturated heterocycles. The summed E-state index contributed by atoms with van der Waals surface area (Å²) in [5.74, 6) is 1.11. The number of sulfonamides is 1. The second-order valence-electron chi connectivity index (χ2n) is 8.22. The highest BCUT2D eigenvalue weighted by atomic mass is 32.2. The fourth-order valence-electron chi connectivity index (χ4n) is 4.01. The number of aromatic nitrogens is 2. The highest BCUT2D eigenvalue weighted by Gasteiger charge is 2.24. The highest BCUT2D eigenvalue weighted by molar-refractivity contribution is 7.93. The van der Waals surface area contributed by atoms with E-state index in [2.05, 4.69) is 27.2 Å². The third-order valence-corrected chi connectivity index (χ3v) is 6.37. The first-order chi connectivity index (χ1) is 16.3. The molecular formula is C25H24N4O4S. The van der Waals surface area contributed by atoms with Crippen LogP contribution >= 0.6 is 0 Å². The Bertz CT molecular complexity index is 1400. The molecule has 0 radical (unpaired) electrons. The molecule has 2 aromatic carbocycles. The average molecular weight is 477 g/mol. The van der Waals surface area contributed by atoms with E-state index in [0.29, 0.717) is 28.6 Å². The van der Waals surface area contributed by atoms with E-state index in [0.717, 1.165) is 41.4 Å². The first-order valence-electron chi connectivity index (χ1n) is 10.9. The number of ether oxygens (including phenoxy) is 1. The van der Waals surface area contributed by atoms with E-state index in [1.807, 2.05) is 32.0 Å². The minimum Gasteiger partial charge on any atom is -0.490 e. The third kappa shape index (κ3) is 4.92. The Morgan fingerprint density at radius 2 is 2.15 bits per heavy atom. The molecule has 0 bridgehead atoms. The molecular weight excluding hydrogens is 452 g/mol. The van der Waals surface area contributed by atoms with E-state index >= 15 is 0 Å². The van der Waals surface area contributed by atoms with Gasteiger partial charge < -0.3 is 9.26 Å². The van der Waals surface area contributed by atoms with Crippen molar-refractivity contribution < 1.29 is 17.7 Å². The van der Waals surface area contributed by atoms with Gasteiger partial charge >= 0.3 is 0 Å². The molecule has 174 valence electrons. The summed E-state index contributed by atoms with van der Waals surface area (Å²) < 4.78 is 38.4. The maximum Gasteiger partial charge on any atom is 0.274 e. The van der Waals surface area contributed by atoms with E-state index < -0.39 is 10.0 Å². The monoisotopic (exact) mass is 476 g/mol. The molecule has 0 N–H and O–H groups in total. The smallest absolute Gasteiger partial charge is 0.274 e. The van der Waals surface area contributed by atoms with Gasteiger partial charge in [-0.1, -0.05) is 29.9 Å². The molecule has 9 heteroatoms. The largest absolute Gasteiger partial charge is 0.490 e. The summed E-state index contributed by atoms with van der Waals surface area (Å²) in [5, 5.41) is 14.5. The van der Waals surface area contributed by atoms with Gasteiger partial charge in [0, 0.05) is 28.7 Å². The Morgan fingerprint density at radius 3 is 2.88 bits per heavy atom. The second kappa shape index (κ2) is 9.61. The molecule has 0 fully saturated rings. The molecule has 34 heavy (non-hydrogen) atoms. The number of hydrogen-bond donors (Lipinski definition) is 0. The zero-order valence-corrected chi connectivity index (χ0v) is 19.7. The number of fused-ring (bicyclic) bond motifs is 1. The van der Waals surface area contributed by atoms with Crippen LogP contribution in [0.1, 0.15) is 49.3 Å². The van der Waals surface area contributed by atoms with Crippen LogP contribution in [-0.4, -0.2) is 30.9 Å². The van der Waals surface area contributed by atoms with Crippen LogP contribution in [0.15, 0.2) is 57.3 Å². The summed E-state index contributed by atoms with van der Waals surface area (Å²) >= 11 is 0. The average Bonchev–Trinajstić information content (AvgIpc) is 3.32. The molecule has 1 aliphatic rings. The lowest BCUT2D eigenvalue weighted by molar-refractivity contribution is 0.241. The van der Waals surface area contributed by atoms with Crippen LogP contribution in [0.4, 0.5) is 0 Å². The zero-order chi connectivity index (χ0) is 24.3. The molecule has 0 spiro atoms. The lowest BCUT2D eigenvalue weighted by Gasteiger charge is -2.24. The van der Waals surface area contributed by atoms with Gasteiger partial charge in [-0.15, -0.1) is 0 Å². The van der Waals surface area contributed by atoms with Gasteiger partial charge in [0.25, 0.3) is 15.9 Å². The predicted octanol–water partition coefficient (Wildman–Crippen LogP) is 5.03. The van der Waals surface area contributed by atoms with Crippen molar-refractivity contribution in [1.82, 2.24) is 10.1 Å². The summed E-state index contributed by atoms with van der Waals surface area (Å²) in [6, 6.07) is 13.1. The summed E-state index contributed by atoms with van der Waals surface area (Å²) in [5.41, 5.74) is 3.89. The van der Waals surface area contributed by atoms with Gasteiger partial charge in [-0.2, -0.15) is 23.1 Å². The van der Waals surface area contributed by atoms with Crippen LogP contribution in [-0.2, 0) is 16.4 Å². The van der Waals surface area contributed by atoms with Crippen LogP contribution < -0.4 is 4.74 Å². The van der Waals surface area contributed by atoms with Gasteiger partial charge in [-0.25, -0.2) is 0 Å². The Kier molecular flexibility index (Phi) is 6.61. The van der Waals surface area contributed by atoms with Crippen molar-refractivity contribution in [3.05, 3.63) is 65.1 Å². The van der Waals surface area contributed by atoms with E-state index in [1.165, 1.54) is 6.21 Å². The van der Waals surface area contributed by atoms with Gasteiger partial charge in [0.2, 0.25) is 5.82 Å². The van der Waals surface area contributed by atoms with Crippen molar-refractivity contribution in [3.8, 4) is 34.7 Å². The SMILES string of the molecule is C=CS(=O)(=O)/N=C/C1CCCc2c(-c3noc(-c4ccc(OC(C)C)c(C#N)c4)n3)cccc21. The van der Waals surface area contributed by atoms with E-state index in [4.69, 9.17) is 9.26 Å². The molecule has 1 heterocycles. The number of benzene rings is 2. The van der Waals surface area contributed by atoms with Gasteiger partial charge in [-0.05, 0) is 62.4 Å². The molecule has 1 aromatic heterocycles. The second-order valence-corrected chi connectivity index (χ2v) is 9.79. The van der Waals surface area contributed by atoms with Crippen molar-refractivity contribution in [2.75, 3.05) is 0 Å². The molecule has 3 aromatic rings. The van der Waals surface area contributed by atoms with Crippen LogP contribution in [0.2, 0.25) is 0 Å². The molecule has 0 saturated carbocycles. The fraction of sp³-hybridized carbons (Fsp3) is 0.280. The van der Waals surface area contributed by atoms with Gasteiger partial charge in [0.15, 0.2) is 0 Å². The van der Waals surface area contributed by atoms with E-state index in [9.17, 15) is 13.7 Å². The Morgan fingerprint density at radius 1 is 1.32 bits per heavy atom. The van der Waals surface area contributed by atoms with Crippen molar-refractivity contribution in [2.45, 2.75) is 45.1 Å². The maximum atomic E-state index is 11.7. The highest BCUT2D eigenvalue weighted by Crippen LogP contribution is 2.37. The van der Waals surface area contributed by atoms with E-state index in [1.54, 1.807) is 18.2 Å². The minimum absolute atomic E-state index is 0.0528. The molecule has 1 atom stereocenters. The Hall–Kier alpha value is -3.77. The topological polar surface area (TPSA) is 118 Å². The molecule has 0 amide bonds. The molecule has 1 unspecified atom stereocenters. The fourth-order valence-corrected chi connectivity index (χ4v) is 4.41. The van der Waals surface area contributed by atoms with Crippen molar-refractivity contribution >= 4 is 16.2 Å². The van der Waals surface area contributed by atoms with Crippen molar-refractivity contribution in [3.63, 3.8) is 0 Å². The normalized spacial score (nSPS) is 15.8. The predicted molar refractivity (Wildman–Crippen MR) is 129 cm³/mol. The Balaban J connectivity index is 1.67. The number of rotatable bonds is 7. The zero-order valence-electron chi connectivity index (χ0n) is 18.9. The van der Waals surface area contributed by atoms with Crippen molar-refractivity contribution in [1.29, 1.82) is 5.26 Å². The number of hydrogen-bond acceptors (Lipinski definition) is 7.